The maximum Gasteiger partial charge on any atom is 0.339 e. The van der Waals surface area contributed by atoms with E-state index in [2.05, 4.69) is 0 Å². The van der Waals surface area contributed by atoms with E-state index in [9.17, 15) is 18.0 Å². The van der Waals surface area contributed by atoms with Crippen molar-refractivity contribution in [2.75, 3.05) is 45.7 Å². The number of rotatable bonds is 8. The molecular weight excluding hydrogens is 454 g/mol. The van der Waals surface area contributed by atoms with E-state index >= 15 is 0 Å². The topological polar surface area (TPSA) is 87.2 Å². The molecule has 1 aliphatic heterocycles. The second-order valence-corrected chi connectivity index (χ2v) is 10.5. The van der Waals surface area contributed by atoms with Gasteiger partial charge in [-0.15, -0.1) is 0 Å². The Bertz CT molecular complexity index is 1110. The number of amides is 1. The van der Waals surface area contributed by atoms with E-state index in [-0.39, 0.29) is 35.4 Å². The van der Waals surface area contributed by atoms with Crippen LogP contribution in [0.3, 0.4) is 0 Å². The number of carbonyl (C=O) groups is 2. The Morgan fingerprint density at radius 2 is 1.65 bits per heavy atom. The lowest BCUT2D eigenvalue weighted by atomic mass is 9.96. The summed E-state index contributed by atoms with van der Waals surface area (Å²) in [5, 5.41) is 0. The first-order chi connectivity index (χ1) is 16.2. The summed E-state index contributed by atoms with van der Waals surface area (Å²) in [5.74, 6) is -0.879. The van der Waals surface area contributed by atoms with Crippen molar-refractivity contribution < 1.29 is 22.7 Å². The molecule has 1 saturated heterocycles. The maximum atomic E-state index is 13.2. The third-order valence-corrected chi connectivity index (χ3v) is 8.19. The van der Waals surface area contributed by atoms with Crippen LogP contribution in [0, 0.1) is 5.92 Å². The van der Waals surface area contributed by atoms with Crippen molar-refractivity contribution in [2.24, 2.45) is 5.92 Å². The lowest BCUT2D eigenvalue weighted by Gasteiger charge is -2.33. The summed E-state index contributed by atoms with van der Waals surface area (Å²) in [6.45, 7) is 3.51. The van der Waals surface area contributed by atoms with E-state index in [1.807, 2.05) is 55.1 Å². The van der Waals surface area contributed by atoms with Crippen molar-refractivity contribution in [3.05, 3.63) is 59.7 Å². The summed E-state index contributed by atoms with van der Waals surface area (Å²) in [5.41, 5.74) is 2.17. The summed E-state index contributed by atoms with van der Waals surface area (Å²) in [6, 6.07) is 14.2. The fourth-order valence-electron chi connectivity index (χ4n) is 4.18. The first-order valence-electron chi connectivity index (χ1n) is 11.4. The first kappa shape index (κ1) is 25.7. The molecule has 9 heteroatoms. The van der Waals surface area contributed by atoms with Gasteiger partial charge in [0.1, 0.15) is 0 Å². The largest absolute Gasteiger partial charge is 0.465 e. The minimum absolute atomic E-state index is 0.0145. The molecule has 1 fully saturated rings. The molecule has 0 radical (unpaired) electrons. The molecule has 0 N–H and O–H groups in total. The summed E-state index contributed by atoms with van der Waals surface area (Å²) < 4.78 is 32.6. The van der Waals surface area contributed by atoms with Gasteiger partial charge in [0.05, 0.1) is 17.6 Å². The van der Waals surface area contributed by atoms with Crippen LogP contribution < -0.4 is 4.90 Å². The maximum absolute atomic E-state index is 13.2. The smallest absolute Gasteiger partial charge is 0.339 e. The van der Waals surface area contributed by atoms with Crippen molar-refractivity contribution in [3.8, 4) is 0 Å². The quantitative estimate of drug-likeness (QED) is 0.532. The van der Waals surface area contributed by atoms with E-state index in [0.717, 1.165) is 11.3 Å². The Hall–Kier alpha value is -2.91. The highest BCUT2D eigenvalue weighted by atomic mass is 32.2. The monoisotopic (exact) mass is 487 g/mol. The van der Waals surface area contributed by atoms with E-state index in [1.165, 1.54) is 23.5 Å². The van der Waals surface area contributed by atoms with Crippen LogP contribution in [-0.4, -0.2) is 70.3 Å². The van der Waals surface area contributed by atoms with Gasteiger partial charge in [-0.3, -0.25) is 4.79 Å². The predicted octanol–water partition coefficient (Wildman–Crippen LogP) is 2.99. The van der Waals surface area contributed by atoms with Crippen molar-refractivity contribution >= 4 is 27.6 Å². The number of piperidine rings is 1. The molecule has 2 aromatic rings. The van der Waals surface area contributed by atoms with Crippen LogP contribution in [0.4, 0.5) is 5.69 Å². The van der Waals surface area contributed by atoms with Gasteiger partial charge in [-0.25, -0.2) is 13.2 Å². The van der Waals surface area contributed by atoms with E-state index < -0.39 is 16.0 Å². The number of ether oxygens (including phenoxy) is 1. The van der Waals surface area contributed by atoms with Gasteiger partial charge in [0, 0.05) is 51.9 Å². The van der Waals surface area contributed by atoms with Crippen molar-refractivity contribution in [1.29, 1.82) is 0 Å². The molecule has 0 spiro atoms. The number of hydrogen-bond donors (Lipinski definition) is 0. The van der Waals surface area contributed by atoms with Crippen molar-refractivity contribution in [3.63, 3.8) is 0 Å². The Kier molecular flexibility index (Phi) is 8.33. The Labute approximate surface area is 202 Å². The number of esters is 1. The lowest BCUT2D eigenvalue weighted by Crippen LogP contribution is -2.44. The Balaban J connectivity index is 1.66. The van der Waals surface area contributed by atoms with Gasteiger partial charge >= 0.3 is 5.97 Å². The molecule has 1 aliphatic rings. The van der Waals surface area contributed by atoms with Gasteiger partial charge in [0.15, 0.2) is 0 Å². The van der Waals surface area contributed by atoms with Crippen LogP contribution >= 0.6 is 0 Å². The van der Waals surface area contributed by atoms with Gasteiger partial charge in [-0.05, 0) is 49.6 Å². The minimum atomic E-state index is -3.88. The van der Waals surface area contributed by atoms with Crippen LogP contribution in [0.15, 0.2) is 53.4 Å². The third kappa shape index (κ3) is 5.59. The molecule has 0 atom stereocenters. The van der Waals surface area contributed by atoms with Crippen LogP contribution in [0.1, 0.15) is 35.7 Å². The number of hydrogen-bond acceptors (Lipinski definition) is 6. The van der Waals surface area contributed by atoms with Gasteiger partial charge < -0.3 is 14.5 Å². The Morgan fingerprint density at radius 1 is 1.03 bits per heavy atom. The molecule has 184 valence electrons. The highest BCUT2D eigenvalue weighted by Crippen LogP contribution is 2.27. The van der Waals surface area contributed by atoms with Gasteiger partial charge in [-0.1, -0.05) is 24.3 Å². The summed E-state index contributed by atoms with van der Waals surface area (Å²) >= 11 is 0. The molecule has 0 aliphatic carbocycles. The fourth-order valence-corrected chi connectivity index (χ4v) is 5.83. The number of carbonyl (C=O) groups excluding carboxylic acids is 2. The van der Waals surface area contributed by atoms with Crippen LogP contribution in [-0.2, 0) is 26.1 Å². The second kappa shape index (κ2) is 11.0. The van der Waals surface area contributed by atoms with Crippen molar-refractivity contribution in [1.82, 2.24) is 9.21 Å². The fraction of sp³-hybridized carbons (Fsp3) is 0.440. The SMILES string of the molecule is CCN(Cc1ccc(N(C)C)cc1)C(=O)C1CCN(S(=O)(=O)c2ccccc2C(=O)OC)CC1. The molecule has 0 unspecified atom stereocenters. The van der Waals surface area contributed by atoms with Crippen LogP contribution in [0.25, 0.3) is 0 Å². The number of anilines is 1. The zero-order valence-electron chi connectivity index (χ0n) is 20.2. The molecule has 0 bridgehead atoms. The molecule has 1 heterocycles. The molecule has 0 aromatic heterocycles. The highest BCUT2D eigenvalue weighted by Gasteiger charge is 2.35. The minimum Gasteiger partial charge on any atom is -0.465 e. The van der Waals surface area contributed by atoms with E-state index in [4.69, 9.17) is 4.74 Å². The first-order valence-corrected chi connectivity index (χ1v) is 12.9. The van der Waals surface area contributed by atoms with E-state index in [0.29, 0.717) is 25.9 Å². The zero-order valence-corrected chi connectivity index (χ0v) is 21.0. The number of benzene rings is 2. The normalized spacial score (nSPS) is 15.1. The standard InChI is InChI=1S/C25H33N3O5S/c1-5-27(18-19-10-12-21(13-11-19)26(2)3)24(29)20-14-16-28(17-15-20)34(31,32)23-9-7-6-8-22(23)25(30)33-4/h6-13,20H,5,14-18H2,1-4H3. The molecule has 34 heavy (non-hydrogen) atoms. The van der Waals surface area contributed by atoms with Gasteiger partial charge in [0.25, 0.3) is 0 Å². The molecule has 0 saturated carbocycles. The molecule has 8 nitrogen and oxygen atoms in total. The van der Waals surface area contributed by atoms with E-state index in [1.54, 1.807) is 12.1 Å². The number of methoxy groups -OCH3 is 1. The van der Waals surface area contributed by atoms with Gasteiger partial charge in [-0.2, -0.15) is 4.31 Å². The molecular formula is C25H33N3O5S. The van der Waals surface area contributed by atoms with Crippen molar-refractivity contribution in [2.45, 2.75) is 31.2 Å². The number of sulfonamides is 1. The molecule has 2 aromatic carbocycles. The molecule has 3 rings (SSSR count). The zero-order chi connectivity index (χ0) is 24.9. The third-order valence-electron chi connectivity index (χ3n) is 6.23. The Morgan fingerprint density at radius 3 is 2.21 bits per heavy atom. The van der Waals surface area contributed by atoms with Crippen LogP contribution in [0.5, 0.6) is 0 Å². The summed E-state index contributed by atoms with van der Waals surface area (Å²) in [4.78, 5) is 29.0. The van der Waals surface area contributed by atoms with Crippen LogP contribution in [0.2, 0.25) is 0 Å². The molecule has 1 amide bonds. The lowest BCUT2D eigenvalue weighted by molar-refractivity contribution is -0.137. The highest BCUT2D eigenvalue weighted by molar-refractivity contribution is 7.89. The summed E-state index contributed by atoms with van der Waals surface area (Å²) in [7, 11) is 1.31. The second-order valence-electron chi connectivity index (χ2n) is 8.58. The predicted molar refractivity (Wildman–Crippen MR) is 131 cm³/mol. The average molecular weight is 488 g/mol. The summed E-state index contributed by atoms with van der Waals surface area (Å²) in [6.07, 6.45) is 0.878. The number of nitrogens with zero attached hydrogens (tertiary/aromatic N) is 3. The van der Waals surface area contributed by atoms with Gasteiger partial charge in [0.2, 0.25) is 15.9 Å². The average Bonchev–Trinajstić information content (AvgIpc) is 2.86.